The van der Waals surface area contributed by atoms with Gasteiger partial charge >= 0.3 is 18.2 Å². The van der Waals surface area contributed by atoms with Crippen LogP contribution in [0.25, 0.3) is 0 Å². The molecular weight excluding hydrogens is 618 g/mol. The van der Waals surface area contributed by atoms with Gasteiger partial charge in [0.05, 0.1) is 25.4 Å². The van der Waals surface area contributed by atoms with E-state index in [-0.39, 0.29) is 37.1 Å². The van der Waals surface area contributed by atoms with Crippen LogP contribution in [0.1, 0.15) is 65.4 Å². The second kappa shape index (κ2) is 16.9. The van der Waals surface area contributed by atoms with E-state index in [1.54, 1.807) is 45.0 Å². The predicted octanol–water partition coefficient (Wildman–Crippen LogP) is 2.95. The average molecular weight is 668 g/mol. The molecule has 3 rings (SSSR count). The van der Waals surface area contributed by atoms with E-state index < -0.39 is 52.0 Å². The van der Waals surface area contributed by atoms with Gasteiger partial charge in [0.1, 0.15) is 29.8 Å². The summed E-state index contributed by atoms with van der Waals surface area (Å²) in [5.41, 5.74) is -0.0482. The topological polar surface area (TPSA) is 185 Å². The molecule has 3 atom stereocenters. The molecule has 0 saturated carbocycles. The van der Waals surface area contributed by atoms with Gasteiger partial charge in [-0.2, -0.15) is 0 Å². The standard InChI is InChI=1S/C31H49N5O9S/c1-6-7-16-46(40,41)35-25(28(37)42-5)17-21-8-10-23(11-9-21)43-20-24-19-36(30(39)44-24)26(18-22-12-14-33-15-13-22)27(32)34-29(38)45-31(2,3)4/h8-11,22,24-26,33,35H,6-7,12-20H2,1-5H3,(H2,32,34,38). The summed E-state index contributed by atoms with van der Waals surface area (Å²) in [6.45, 7) is 9.00. The van der Waals surface area contributed by atoms with Crippen molar-refractivity contribution in [3.63, 3.8) is 0 Å². The van der Waals surface area contributed by atoms with Crippen LogP contribution in [0.4, 0.5) is 9.59 Å². The molecule has 14 nitrogen and oxygen atoms in total. The number of hydrogen-bond donors (Lipinski definition) is 4. The Hall–Kier alpha value is -3.43. The van der Waals surface area contributed by atoms with Gasteiger partial charge in [0, 0.05) is 0 Å². The number of esters is 1. The highest BCUT2D eigenvalue weighted by Crippen LogP contribution is 2.25. The molecule has 0 aromatic heterocycles. The van der Waals surface area contributed by atoms with Crippen molar-refractivity contribution in [2.75, 3.05) is 39.1 Å². The minimum absolute atomic E-state index is 0.0521. The largest absolute Gasteiger partial charge is 0.490 e. The Bertz CT molecular complexity index is 1290. The Balaban J connectivity index is 1.60. The number of unbranched alkanes of at least 4 members (excludes halogenated alkanes) is 1. The number of piperidine rings is 1. The van der Waals surface area contributed by atoms with Crippen molar-refractivity contribution < 1.29 is 41.7 Å². The molecule has 0 bridgehead atoms. The monoisotopic (exact) mass is 667 g/mol. The Kier molecular flexibility index (Phi) is 13.6. The third-order valence-corrected chi connectivity index (χ3v) is 9.11. The molecule has 46 heavy (non-hydrogen) atoms. The summed E-state index contributed by atoms with van der Waals surface area (Å²) >= 11 is 0. The first-order valence-corrected chi connectivity index (χ1v) is 17.4. The molecule has 2 aliphatic rings. The molecule has 4 N–H and O–H groups in total. The maximum absolute atomic E-state index is 13.0. The highest BCUT2D eigenvalue weighted by Gasteiger charge is 2.40. The van der Waals surface area contributed by atoms with E-state index >= 15 is 0 Å². The fourth-order valence-corrected chi connectivity index (χ4v) is 6.69. The average Bonchev–Trinajstić information content (AvgIpc) is 3.36. The van der Waals surface area contributed by atoms with Crippen molar-refractivity contribution in [2.24, 2.45) is 5.92 Å². The number of methoxy groups -OCH3 is 1. The van der Waals surface area contributed by atoms with Gasteiger partial charge in [0.15, 0.2) is 6.10 Å². The van der Waals surface area contributed by atoms with Gasteiger partial charge in [0.2, 0.25) is 10.0 Å². The molecule has 258 valence electrons. The summed E-state index contributed by atoms with van der Waals surface area (Å²) < 4.78 is 48.8. The van der Waals surface area contributed by atoms with Crippen LogP contribution in [0.15, 0.2) is 24.3 Å². The Morgan fingerprint density at radius 2 is 1.85 bits per heavy atom. The Morgan fingerprint density at radius 1 is 1.17 bits per heavy atom. The van der Waals surface area contributed by atoms with Crippen LogP contribution in [-0.4, -0.2) is 100 Å². The molecule has 0 aliphatic carbocycles. The van der Waals surface area contributed by atoms with Crippen LogP contribution >= 0.6 is 0 Å². The van der Waals surface area contributed by atoms with Crippen LogP contribution < -0.4 is 20.1 Å². The summed E-state index contributed by atoms with van der Waals surface area (Å²) in [4.78, 5) is 39.2. The Labute approximate surface area is 271 Å². The van der Waals surface area contributed by atoms with Gasteiger partial charge in [-0.1, -0.05) is 25.5 Å². The van der Waals surface area contributed by atoms with Crippen molar-refractivity contribution in [3.8, 4) is 5.75 Å². The van der Waals surface area contributed by atoms with Crippen molar-refractivity contribution in [1.29, 1.82) is 5.41 Å². The second-order valence-electron chi connectivity index (χ2n) is 12.7. The Morgan fingerprint density at radius 3 is 2.46 bits per heavy atom. The van der Waals surface area contributed by atoms with Crippen LogP contribution in [0, 0.1) is 11.3 Å². The number of benzene rings is 1. The molecule has 2 saturated heterocycles. The molecule has 0 radical (unpaired) electrons. The number of nitrogens with one attached hydrogen (secondary N) is 4. The van der Waals surface area contributed by atoms with Crippen LogP contribution in [0.5, 0.6) is 5.75 Å². The molecular formula is C31H49N5O9S. The third kappa shape index (κ3) is 12.1. The smallest absolute Gasteiger partial charge is 0.413 e. The molecule has 2 amide bonds. The zero-order valence-electron chi connectivity index (χ0n) is 27.4. The number of carbonyl (C=O) groups is 3. The molecule has 2 heterocycles. The zero-order valence-corrected chi connectivity index (χ0v) is 28.2. The second-order valence-corrected chi connectivity index (χ2v) is 14.5. The van der Waals surface area contributed by atoms with Crippen LogP contribution in [0.2, 0.25) is 0 Å². The molecule has 1 aromatic rings. The number of alkyl carbamates (subject to hydrolysis) is 1. The number of amides is 2. The normalized spacial score (nSPS) is 18.8. The number of amidine groups is 1. The van der Waals surface area contributed by atoms with E-state index in [1.807, 2.05) is 6.92 Å². The number of rotatable bonds is 15. The SMILES string of the molecule is CCCCS(=O)(=O)NC(Cc1ccc(OCC2CN(C(CC3CCNCC3)C(=N)NC(=O)OC(C)(C)C)C(=O)O2)cc1)C(=O)OC. The third-order valence-electron chi connectivity index (χ3n) is 7.64. The van der Waals surface area contributed by atoms with E-state index in [0.29, 0.717) is 30.6 Å². The molecule has 15 heteroatoms. The maximum Gasteiger partial charge on any atom is 0.413 e. The molecule has 0 spiro atoms. The highest BCUT2D eigenvalue weighted by molar-refractivity contribution is 7.89. The van der Waals surface area contributed by atoms with Crippen molar-refractivity contribution in [2.45, 2.75) is 90.0 Å². The van der Waals surface area contributed by atoms with Crippen molar-refractivity contribution in [3.05, 3.63) is 29.8 Å². The summed E-state index contributed by atoms with van der Waals surface area (Å²) in [5.74, 6) is -0.130. The quantitative estimate of drug-likeness (QED) is 0.0938. The predicted molar refractivity (Wildman–Crippen MR) is 171 cm³/mol. The summed E-state index contributed by atoms with van der Waals surface area (Å²) in [6, 6.07) is 5.04. The first kappa shape index (κ1) is 37.0. The number of ether oxygens (including phenoxy) is 4. The molecule has 3 unspecified atom stereocenters. The van der Waals surface area contributed by atoms with E-state index in [4.69, 9.17) is 24.4 Å². The number of nitrogens with zero attached hydrogens (tertiary/aromatic N) is 1. The fraction of sp³-hybridized carbons (Fsp3) is 0.677. The lowest BCUT2D eigenvalue weighted by atomic mass is 9.90. The number of sulfonamides is 1. The van der Waals surface area contributed by atoms with Gasteiger partial charge in [0.25, 0.3) is 0 Å². The minimum Gasteiger partial charge on any atom is -0.490 e. The molecule has 2 aliphatic heterocycles. The summed E-state index contributed by atoms with van der Waals surface area (Å²) in [7, 11) is -2.44. The maximum atomic E-state index is 13.0. The first-order chi connectivity index (χ1) is 21.7. The molecule has 2 fully saturated rings. The first-order valence-electron chi connectivity index (χ1n) is 15.8. The summed E-state index contributed by atoms with van der Waals surface area (Å²) in [6.07, 6.45) is 1.62. The number of hydrogen-bond acceptors (Lipinski definition) is 11. The van der Waals surface area contributed by atoms with E-state index in [9.17, 15) is 22.8 Å². The van der Waals surface area contributed by atoms with Crippen molar-refractivity contribution >= 4 is 34.0 Å². The molecule has 1 aromatic carbocycles. The summed E-state index contributed by atoms with van der Waals surface area (Å²) in [5, 5.41) is 14.5. The lowest BCUT2D eigenvalue weighted by molar-refractivity contribution is -0.142. The van der Waals surface area contributed by atoms with Gasteiger partial charge in [-0.15, -0.1) is 0 Å². The van der Waals surface area contributed by atoms with Gasteiger partial charge in [-0.3, -0.25) is 20.4 Å². The van der Waals surface area contributed by atoms with E-state index in [2.05, 4.69) is 15.4 Å². The highest BCUT2D eigenvalue weighted by atomic mass is 32.2. The van der Waals surface area contributed by atoms with Crippen LogP contribution in [-0.2, 0) is 35.4 Å². The van der Waals surface area contributed by atoms with E-state index in [0.717, 1.165) is 25.9 Å². The van der Waals surface area contributed by atoms with Gasteiger partial charge < -0.3 is 24.3 Å². The number of cyclic esters (lactones) is 1. The lowest BCUT2D eigenvalue weighted by Gasteiger charge is -2.32. The van der Waals surface area contributed by atoms with E-state index in [1.165, 1.54) is 12.0 Å². The van der Waals surface area contributed by atoms with Gasteiger partial charge in [-0.05, 0) is 89.6 Å². The zero-order chi connectivity index (χ0) is 33.9. The minimum atomic E-state index is -3.65. The number of carbonyl (C=O) groups excluding carboxylic acids is 3. The van der Waals surface area contributed by atoms with Crippen molar-refractivity contribution in [1.82, 2.24) is 20.3 Å². The van der Waals surface area contributed by atoms with Crippen LogP contribution in [0.3, 0.4) is 0 Å². The lowest BCUT2D eigenvalue weighted by Crippen LogP contribution is -2.51. The van der Waals surface area contributed by atoms with Gasteiger partial charge in [-0.25, -0.2) is 22.7 Å². The fourth-order valence-electron chi connectivity index (χ4n) is 5.29.